The number of hydrogen-bond donors (Lipinski definition) is 0. The molecule has 20 heavy (non-hydrogen) atoms. The zero-order valence-electron chi connectivity index (χ0n) is 14.6. The van der Waals surface area contributed by atoms with Crippen molar-refractivity contribution >= 4 is 0 Å². The van der Waals surface area contributed by atoms with Gasteiger partial charge in [-0.1, -0.05) is 111 Å². The molecule has 0 aromatic carbocycles. The van der Waals surface area contributed by atoms with Crippen LogP contribution < -0.4 is 0 Å². The lowest BCUT2D eigenvalue weighted by Crippen LogP contribution is -2.21. The second kappa shape index (κ2) is 11.6. The Balaban J connectivity index is 2.06. The van der Waals surface area contributed by atoms with E-state index >= 15 is 0 Å². The first-order valence-electron chi connectivity index (χ1n) is 9.75. The van der Waals surface area contributed by atoms with E-state index in [1.165, 1.54) is 89.9 Å². The minimum absolute atomic E-state index is 0.967. The first kappa shape index (κ1) is 18.1. The van der Waals surface area contributed by atoms with Gasteiger partial charge in [0.25, 0.3) is 0 Å². The SMILES string of the molecule is CCCCCCCCCCC1CCCCCC(C)C1C. The first-order valence-corrected chi connectivity index (χ1v) is 9.75. The van der Waals surface area contributed by atoms with Gasteiger partial charge in [-0.25, -0.2) is 0 Å². The molecular weight excluding hydrogens is 240 g/mol. The third-order valence-electron chi connectivity index (χ3n) is 5.80. The zero-order valence-corrected chi connectivity index (χ0v) is 14.6. The fourth-order valence-electron chi connectivity index (χ4n) is 3.99. The summed E-state index contributed by atoms with van der Waals surface area (Å²) in [5.41, 5.74) is 0. The Morgan fingerprint density at radius 2 is 1.30 bits per heavy atom. The van der Waals surface area contributed by atoms with E-state index in [0.29, 0.717) is 0 Å². The molecule has 0 nitrogen and oxygen atoms in total. The van der Waals surface area contributed by atoms with Crippen molar-refractivity contribution in [3.8, 4) is 0 Å². The van der Waals surface area contributed by atoms with Crippen LogP contribution in [0.1, 0.15) is 111 Å². The molecule has 0 heterocycles. The van der Waals surface area contributed by atoms with E-state index in [9.17, 15) is 0 Å². The number of unbranched alkanes of at least 4 members (excludes halogenated alkanes) is 7. The van der Waals surface area contributed by atoms with Crippen molar-refractivity contribution < 1.29 is 0 Å². The first-order chi connectivity index (χ1) is 9.75. The monoisotopic (exact) mass is 280 g/mol. The van der Waals surface area contributed by atoms with Crippen molar-refractivity contribution in [3.63, 3.8) is 0 Å². The van der Waals surface area contributed by atoms with E-state index in [-0.39, 0.29) is 0 Å². The molecule has 0 heteroatoms. The maximum Gasteiger partial charge on any atom is -0.0386 e. The molecule has 0 aromatic heterocycles. The summed E-state index contributed by atoms with van der Waals surface area (Å²) < 4.78 is 0. The van der Waals surface area contributed by atoms with E-state index in [1.54, 1.807) is 0 Å². The second-order valence-corrected chi connectivity index (χ2v) is 7.50. The van der Waals surface area contributed by atoms with Crippen LogP contribution in [0.5, 0.6) is 0 Å². The topological polar surface area (TPSA) is 0 Å². The molecule has 0 aliphatic heterocycles. The summed E-state index contributed by atoms with van der Waals surface area (Å²) >= 11 is 0. The van der Waals surface area contributed by atoms with Gasteiger partial charge in [0, 0.05) is 0 Å². The molecule has 3 atom stereocenters. The third-order valence-corrected chi connectivity index (χ3v) is 5.80. The van der Waals surface area contributed by atoms with Gasteiger partial charge in [-0.15, -0.1) is 0 Å². The van der Waals surface area contributed by atoms with Crippen LogP contribution in [-0.4, -0.2) is 0 Å². The van der Waals surface area contributed by atoms with Crippen molar-refractivity contribution in [3.05, 3.63) is 0 Å². The molecule has 3 unspecified atom stereocenters. The quantitative estimate of drug-likeness (QED) is 0.387. The normalized spacial score (nSPS) is 28.1. The summed E-state index contributed by atoms with van der Waals surface area (Å²) in [6.45, 7) is 7.33. The van der Waals surface area contributed by atoms with Crippen molar-refractivity contribution in [2.75, 3.05) is 0 Å². The fraction of sp³-hybridized carbons (Fsp3) is 1.00. The van der Waals surface area contributed by atoms with Gasteiger partial charge >= 0.3 is 0 Å². The Bertz CT molecular complexity index is 208. The standard InChI is InChI=1S/C20H40/c1-4-5-6-7-8-9-10-13-16-20-17-14-11-12-15-18(2)19(20)3/h18-20H,4-17H2,1-3H3. The van der Waals surface area contributed by atoms with Crippen molar-refractivity contribution in [2.24, 2.45) is 17.8 Å². The fourth-order valence-corrected chi connectivity index (χ4v) is 3.99. The van der Waals surface area contributed by atoms with Crippen LogP contribution in [0.25, 0.3) is 0 Å². The molecule has 1 aliphatic carbocycles. The zero-order chi connectivity index (χ0) is 14.6. The third kappa shape index (κ3) is 7.70. The van der Waals surface area contributed by atoms with Crippen LogP contribution in [0.4, 0.5) is 0 Å². The lowest BCUT2D eigenvalue weighted by Gasteiger charge is -2.31. The van der Waals surface area contributed by atoms with Crippen LogP contribution in [0, 0.1) is 17.8 Å². The van der Waals surface area contributed by atoms with Gasteiger partial charge in [0.15, 0.2) is 0 Å². The van der Waals surface area contributed by atoms with Gasteiger partial charge in [-0.05, 0) is 17.8 Å². The summed E-state index contributed by atoms with van der Waals surface area (Å²) in [6.07, 6.45) is 20.7. The number of rotatable bonds is 9. The van der Waals surface area contributed by atoms with Crippen LogP contribution in [0.15, 0.2) is 0 Å². The molecule has 1 rings (SSSR count). The molecule has 0 aromatic rings. The molecular formula is C20H40. The Hall–Kier alpha value is 0. The Kier molecular flexibility index (Phi) is 10.5. The van der Waals surface area contributed by atoms with E-state index in [0.717, 1.165) is 17.8 Å². The molecule has 0 saturated heterocycles. The molecule has 0 amide bonds. The van der Waals surface area contributed by atoms with Crippen molar-refractivity contribution in [1.82, 2.24) is 0 Å². The highest BCUT2D eigenvalue weighted by atomic mass is 14.3. The van der Waals surface area contributed by atoms with Gasteiger partial charge in [0.1, 0.15) is 0 Å². The summed E-state index contributed by atoms with van der Waals surface area (Å²) in [4.78, 5) is 0. The highest BCUT2D eigenvalue weighted by Gasteiger charge is 2.23. The molecule has 0 spiro atoms. The predicted molar refractivity (Wildman–Crippen MR) is 92.1 cm³/mol. The Morgan fingerprint density at radius 3 is 2.00 bits per heavy atom. The highest BCUT2D eigenvalue weighted by molar-refractivity contribution is 4.74. The molecule has 1 fully saturated rings. The molecule has 120 valence electrons. The van der Waals surface area contributed by atoms with Gasteiger partial charge in [-0.3, -0.25) is 0 Å². The lowest BCUT2D eigenvalue weighted by atomic mass is 9.74. The van der Waals surface area contributed by atoms with Crippen LogP contribution in [0.3, 0.4) is 0 Å². The molecule has 0 radical (unpaired) electrons. The molecule has 1 aliphatic rings. The molecule has 0 bridgehead atoms. The number of hydrogen-bond acceptors (Lipinski definition) is 0. The molecule has 0 N–H and O–H groups in total. The van der Waals surface area contributed by atoms with Crippen molar-refractivity contribution in [2.45, 2.75) is 111 Å². The minimum atomic E-state index is 0.967. The van der Waals surface area contributed by atoms with Crippen LogP contribution >= 0.6 is 0 Å². The van der Waals surface area contributed by atoms with E-state index in [1.807, 2.05) is 0 Å². The lowest BCUT2D eigenvalue weighted by molar-refractivity contribution is 0.196. The van der Waals surface area contributed by atoms with Crippen molar-refractivity contribution in [1.29, 1.82) is 0 Å². The van der Waals surface area contributed by atoms with Gasteiger partial charge in [0.2, 0.25) is 0 Å². The van der Waals surface area contributed by atoms with Gasteiger partial charge in [0.05, 0.1) is 0 Å². The average Bonchev–Trinajstić information content (AvgIpc) is 2.45. The average molecular weight is 281 g/mol. The Morgan fingerprint density at radius 1 is 0.700 bits per heavy atom. The Labute approximate surface area is 129 Å². The maximum absolute atomic E-state index is 2.53. The van der Waals surface area contributed by atoms with Gasteiger partial charge in [-0.2, -0.15) is 0 Å². The second-order valence-electron chi connectivity index (χ2n) is 7.50. The predicted octanol–water partition coefficient (Wildman–Crippen LogP) is 7.37. The van der Waals surface area contributed by atoms with E-state index in [2.05, 4.69) is 20.8 Å². The van der Waals surface area contributed by atoms with E-state index < -0.39 is 0 Å². The van der Waals surface area contributed by atoms with Crippen LogP contribution in [0.2, 0.25) is 0 Å². The summed E-state index contributed by atoms with van der Waals surface area (Å²) in [5.74, 6) is 2.97. The van der Waals surface area contributed by atoms with Gasteiger partial charge < -0.3 is 0 Å². The summed E-state index contributed by atoms with van der Waals surface area (Å²) in [5, 5.41) is 0. The highest BCUT2D eigenvalue weighted by Crippen LogP contribution is 2.34. The largest absolute Gasteiger partial charge is 0.0654 e. The molecule has 1 saturated carbocycles. The minimum Gasteiger partial charge on any atom is -0.0654 e. The smallest absolute Gasteiger partial charge is 0.0386 e. The van der Waals surface area contributed by atoms with E-state index in [4.69, 9.17) is 0 Å². The van der Waals surface area contributed by atoms with Crippen LogP contribution in [-0.2, 0) is 0 Å². The maximum atomic E-state index is 2.53. The summed E-state index contributed by atoms with van der Waals surface area (Å²) in [7, 11) is 0. The summed E-state index contributed by atoms with van der Waals surface area (Å²) in [6, 6.07) is 0.